The van der Waals surface area contributed by atoms with Gasteiger partial charge in [0.25, 0.3) is 5.91 Å². The molecule has 1 fully saturated rings. The number of nitrogens with zero attached hydrogens (tertiary/aromatic N) is 1. The molecule has 2 heterocycles. The van der Waals surface area contributed by atoms with E-state index in [0.29, 0.717) is 27.3 Å². The number of hydrogen-bond acceptors (Lipinski definition) is 5. The van der Waals surface area contributed by atoms with E-state index in [0.717, 1.165) is 17.5 Å². The predicted octanol–water partition coefficient (Wildman–Crippen LogP) is 4.63. The predicted molar refractivity (Wildman–Crippen MR) is 121 cm³/mol. The summed E-state index contributed by atoms with van der Waals surface area (Å²) in [5.74, 6) is 1.28. The average molecular weight is 425 g/mol. The van der Waals surface area contributed by atoms with Crippen LogP contribution in [-0.4, -0.2) is 40.9 Å². The van der Waals surface area contributed by atoms with E-state index in [2.05, 4.69) is 11.1 Å². The van der Waals surface area contributed by atoms with Crippen LogP contribution in [0, 0.1) is 0 Å². The van der Waals surface area contributed by atoms with Crippen molar-refractivity contribution in [1.82, 2.24) is 9.88 Å². The van der Waals surface area contributed by atoms with Gasteiger partial charge in [-0.3, -0.25) is 9.69 Å². The number of carbonyl (C=O) groups excluding carboxylic acids is 1. The number of rotatable bonds is 6. The molecule has 4 rings (SSSR count). The Bertz CT molecular complexity index is 1100. The number of aromatic amines is 1. The number of carbonyl (C=O) groups is 1. The summed E-state index contributed by atoms with van der Waals surface area (Å²) in [7, 11) is 3.20. The Morgan fingerprint density at radius 3 is 2.59 bits per heavy atom. The molecular weight excluding hydrogens is 404 g/mol. The molecule has 7 heteroatoms. The van der Waals surface area contributed by atoms with Crippen LogP contribution >= 0.6 is 24.0 Å². The summed E-state index contributed by atoms with van der Waals surface area (Å²) in [5, 5.41) is 1.18. The second-order valence-electron chi connectivity index (χ2n) is 6.59. The van der Waals surface area contributed by atoms with Crippen molar-refractivity contribution >= 4 is 51.2 Å². The smallest absolute Gasteiger partial charge is 0.266 e. The number of para-hydroxylation sites is 1. The molecule has 1 saturated heterocycles. The normalized spacial score (nSPS) is 15.5. The van der Waals surface area contributed by atoms with Crippen LogP contribution in [0.3, 0.4) is 0 Å². The Labute approximate surface area is 178 Å². The first-order valence-corrected chi connectivity index (χ1v) is 10.3. The van der Waals surface area contributed by atoms with Gasteiger partial charge in [-0.25, -0.2) is 0 Å². The first-order chi connectivity index (χ1) is 14.1. The lowest BCUT2D eigenvalue weighted by molar-refractivity contribution is -0.122. The van der Waals surface area contributed by atoms with Crippen LogP contribution in [0.1, 0.15) is 11.1 Å². The van der Waals surface area contributed by atoms with E-state index in [4.69, 9.17) is 21.7 Å². The molecule has 148 valence electrons. The van der Waals surface area contributed by atoms with E-state index < -0.39 is 0 Å². The maximum absolute atomic E-state index is 12.9. The standard InChI is InChI=1S/C22H20N2O3S2/c1-26-16-9-14(10-17(12-16)27-2)11-20-21(25)24(22(28)29-20)8-7-15-13-23-19-6-4-3-5-18(15)19/h3-6,9-13,23H,7-8H2,1-2H3/b20-11-. The van der Waals surface area contributed by atoms with E-state index in [1.165, 1.54) is 22.7 Å². The van der Waals surface area contributed by atoms with Gasteiger partial charge in [0.1, 0.15) is 15.8 Å². The Hall–Kier alpha value is -2.77. The van der Waals surface area contributed by atoms with Crippen LogP contribution in [0.4, 0.5) is 0 Å². The zero-order valence-electron chi connectivity index (χ0n) is 16.1. The van der Waals surface area contributed by atoms with E-state index in [9.17, 15) is 4.79 Å². The Balaban J connectivity index is 1.52. The van der Waals surface area contributed by atoms with Gasteiger partial charge in [-0.05, 0) is 41.8 Å². The average Bonchev–Trinajstić information content (AvgIpc) is 3.27. The summed E-state index contributed by atoms with van der Waals surface area (Å²) >= 11 is 6.79. The molecule has 0 saturated carbocycles. The molecule has 3 aromatic rings. The van der Waals surface area contributed by atoms with Gasteiger partial charge >= 0.3 is 0 Å². The fraction of sp³-hybridized carbons (Fsp3) is 0.182. The third-order valence-electron chi connectivity index (χ3n) is 4.82. The van der Waals surface area contributed by atoms with Crippen LogP contribution in [0.25, 0.3) is 17.0 Å². The SMILES string of the molecule is COc1cc(/C=C2\SC(=S)N(CCc3c[nH]c4ccccc34)C2=O)cc(OC)c1. The van der Waals surface area contributed by atoms with Crippen molar-refractivity contribution in [3.63, 3.8) is 0 Å². The molecule has 1 aromatic heterocycles. The first kappa shape index (κ1) is 19.5. The number of fused-ring (bicyclic) bond motifs is 1. The van der Waals surface area contributed by atoms with Crippen LogP contribution in [0.2, 0.25) is 0 Å². The number of aromatic nitrogens is 1. The van der Waals surface area contributed by atoms with Gasteiger partial charge in [0.15, 0.2) is 0 Å². The van der Waals surface area contributed by atoms with E-state index in [1.54, 1.807) is 25.2 Å². The molecule has 0 atom stereocenters. The van der Waals surface area contributed by atoms with Gasteiger partial charge < -0.3 is 14.5 Å². The number of methoxy groups -OCH3 is 2. The number of benzene rings is 2. The van der Waals surface area contributed by atoms with E-state index >= 15 is 0 Å². The zero-order chi connectivity index (χ0) is 20.4. The minimum atomic E-state index is -0.0679. The third-order valence-corrected chi connectivity index (χ3v) is 6.20. The number of nitrogens with one attached hydrogen (secondary N) is 1. The number of ether oxygens (including phenoxy) is 2. The fourth-order valence-corrected chi connectivity index (χ4v) is 4.64. The Morgan fingerprint density at radius 1 is 1.14 bits per heavy atom. The van der Waals surface area contributed by atoms with Gasteiger partial charge in [0, 0.05) is 29.7 Å². The van der Waals surface area contributed by atoms with Gasteiger partial charge in [-0.15, -0.1) is 0 Å². The molecule has 0 spiro atoms. The highest BCUT2D eigenvalue weighted by atomic mass is 32.2. The topological polar surface area (TPSA) is 54.6 Å². The summed E-state index contributed by atoms with van der Waals surface area (Å²) in [6.45, 7) is 0.547. The van der Waals surface area contributed by atoms with E-state index in [-0.39, 0.29) is 5.91 Å². The van der Waals surface area contributed by atoms with Gasteiger partial charge in [-0.1, -0.05) is 42.2 Å². The second kappa shape index (κ2) is 8.31. The zero-order valence-corrected chi connectivity index (χ0v) is 17.7. The summed E-state index contributed by atoms with van der Waals surface area (Å²) in [4.78, 5) is 18.5. The van der Waals surface area contributed by atoms with Crippen LogP contribution in [0.15, 0.2) is 53.6 Å². The van der Waals surface area contributed by atoms with E-state index in [1.807, 2.05) is 42.6 Å². The molecule has 1 amide bonds. The Kier molecular flexibility index (Phi) is 5.60. The van der Waals surface area contributed by atoms with Crippen molar-refractivity contribution in [3.05, 3.63) is 64.7 Å². The molecule has 5 nitrogen and oxygen atoms in total. The molecule has 1 aliphatic rings. The molecule has 0 radical (unpaired) electrons. The lowest BCUT2D eigenvalue weighted by atomic mass is 10.1. The van der Waals surface area contributed by atoms with Crippen LogP contribution in [0.5, 0.6) is 11.5 Å². The molecule has 0 unspecified atom stereocenters. The molecule has 2 aromatic carbocycles. The molecule has 1 N–H and O–H groups in total. The summed E-state index contributed by atoms with van der Waals surface area (Å²) in [6, 6.07) is 13.7. The maximum Gasteiger partial charge on any atom is 0.266 e. The van der Waals surface area contributed by atoms with Crippen LogP contribution < -0.4 is 9.47 Å². The quantitative estimate of drug-likeness (QED) is 0.462. The molecule has 0 aliphatic carbocycles. The second-order valence-corrected chi connectivity index (χ2v) is 8.26. The maximum atomic E-state index is 12.9. The fourth-order valence-electron chi connectivity index (χ4n) is 3.33. The summed E-state index contributed by atoms with van der Waals surface area (Å²) in [6.07, 6.45) is 4.56. The van der Waals surface area contributed by atoms with Crippen molar-refractivity contribution in [2.45, 2.75) is 6.42 Å². The highest BCUT2D eigenvalue weighted by Crippen LogP contribution is 2.34. The number of hydrogen-bond donors (Lipinski definition) is 1. The van der Waals surface area contributed by atoms with Crippen molar-refractivity contribution in [1.29, 1.82) is 0 Å². The number of amides is 1. The first-order valence-electron chi connectivity index (χ1n) is 9.12. The number of H-pyrrole nitrogens is 1. The van der Waals surface area contributed by atoms with Gasteiger partial charge in [0.2, 0.25) is 0 Å². The monoisotopic (exact) mass is 424 g/mol. The van der Waals surface area contributed by atoms with Crippen LogP contribution in [-0.2, 0) is 11.2 Å². The highest BCUT2D eigenvalue weighted by molar-refractivity contribution is 8.26. The van der Waals surface area contributed by atoms with Crippen molar-refractivity contribution in [2.75, 3.05) is 20.8 Å². The number of thioether (sulfide) groups is 1. The summed E-state index contributed by atoms with van der Waals surface area (Å²) < 4.78 is 11.2. The third kappa shape index (κ3) is 4.02. The Morgan fingerprint density at radius 2 is 1.86 bits per heavy atom. The van der Waals surface area contributed by atoms with Crippen molar-refractivity contribution in [3.8, 4) is 11.5 Å². The molecule has 1 aliphatic heterocycles. The van der Waals surface area contributed by atoms with Crippen molar-refractivity contribution < 1.29 is 14.3 Å². The molecule has 0 bridgehead atoms. The van der Waals surface area contributed by atoms with Gasteiger partial charge in [0.05, 0.1) is 19.1 Å². The molecular formula is C22H20N2O3S2. The lowest BCUT2D eigenvalue weighted by Crippen LogP contribution is -2.30. The molecule has 29 heavy (non-hydrogen) atoms. The minimum absolute atomic E-state index is 0.0679. The van der Waals surface area contributed by atoms with Crippen molar-refractivity contribution in [2.24, 2.45) is 0 Å². The lowest BCUT2D eigenvalue weighted by Gasteiger charge is -2.13. The minimum Gasteiger partial charge on any atom is -0.497 e. The highest BCUT2D eigenvalue weighted by Gasteiger charge is 2.31. The number of thiocarbonyl (C=S) groups is 1. The summed E-state index contributed by atoms with van der Waals surface area (Å²) in [5.41, 5.74) is 3.11. The largest absolute Gasteiger partial charge is 0.497 e. The van der Waals surface area contributed by atoms with Gasteiger partial charge in [-0.2, -0.15) is 0 Å².